The van der Waals surface area contributed by atoms with Gasteiger partial charge in [0.15, 0.2) is 0 Å². The van der Waals surface area contributed by atoms with Crippen molar-refractivity contribution in [1.29, 1.82) is 0 Å². The van der Waals surface area contributed by atoms with Crippen LogP contribution in [0.5, 0.6) is 0 Å². The first-order chi connectivity index (χ1) is 7.15. The van der Waals surface area contributed by atoms with Crippen LogP contribution in [-0.4, -0.2) is 13.1 Å². The van der Waals surface area contributed by atoms with Gasteiger partial charge in [0.2, 0.25) is 0 Å². The number of rotatable bonds is 1. The molecule has 4 heteroatoms. The zero-order chi connectivity index (χ0) is 11.3. The molecule has 0 aliphatic carbocycles. The summed E-state index contributed by atoms with van der Waals surface area (Å²) in [5.74, 6) is 5.03. The highest BCUT2D eigenvalue weighted by Crippen LogP contribution is 2.24. The van der Waals surface area contributed by atoms with Crippen LogP contribution < -0.4 is 0 Å². The molecule has 0 fully saturated rings. The Morgan fingerprint density at radius 2 is 2.20 bits per heavy atom. The van der Waals surface area contributed by atoms with Crippen LogP contribution in [0.2, 0.25) is 10.0 Å². The molecule has 0 atom stereocenters. The summed E-state index contributed by atoms with van der Waals surface area (Å²) in [5.41, 5.74) is 0.605. The second-order valence-electron chi connectivity index (χ2n) is 2.66. The molecule has 0 radical (unpaired) electrons. The Kier molecular flexibility index (Phi) is 4.48. The molecule has 0 aliphatic heterocycles. The Bertz CT molecular complexity index is 430. The van der Waals surface area contributed by atoms with E-state index in [1.165, 1.54) is 7.11 Å². The quantitative estimate of drug-likeness (QED) is 0.560. The molecule has 0 heterocycles. The van der Waals surface area contributed by atoms with Crippen molar-refractivity contribution in [2.45, 2.75) is 6.42 Å². The average molecular weight is 243 g/mol. The van der Waals surface area contributed by atoms with Crippen molar-refractivity contribution < 1.29 is 9.53 Å². The van der Waals surface area contributed by atoms with Crippen molar-refractivity contribution in [1.82, 2.24) is 0 Å². The molecule has 0 aromatic heterocycles. The zero-order valence-electron chi connectivity index (χ0n) is 8.01. The minimum Gasteiger partial charge on any atom is -0.468 e. The van der Waals surface area contributed by atoms with Gasteiger partial charge >= 0.3 is 5.97 Å². The lowest BCUT2D eigenvalue weighted by Crippen LogP contribution is -1.97. The number of halogens is 2. The van der Waals surface area contributed by atoms with Crippen LogP contribution in [0.15, 0.2) is 18.2 Å². The Morgan fingerprint density at radius 3 is 2.87 bits per heavy atom. The SMILES string of the molecule is COC(=O)CC#Cc1cccc(Cl)c1Cl. The van der Waals surface area contributed by atoms with Crippen LogP contribution in [0.25, 0.3) is 0 Å². The van der Waals surface area contributed by atoms with E-state index in [0.29, 0.717) is 15.6 Å². The fraction of sp³-hybridized carbons (Fsp3) is 0.182. The molecule has 1 aromatic rings. The van der Waals surface area contributed by atoms with Gasteiger partial charge in [-0.25, -0.2) is 0 Å². The summed E-state index contributed by atoms with van der Waals surface area (Å²) >= 11 is 11.7. The van der Waals surface area contributed by atoms with Crippen molar-refractivity contribution in [3.8, 4) is 11.8 Å². The Morgan fingerprint density at radius 1 is 1.47 bits per heavy atom. The second kappa shape index (κ2) is 5.65. The predicted molar refractivity (Wildman–Crippen MR) is 60.0 cm³/mol. The lowest BCUT2D eigenvalue weighted by Gasteiger charge is -1.97. The molecule has 0 spiro atoms. The Balaban J connectivity index is 2.80. The third-order valence-electron chi connectivity index (χ3n) is 1.64. The van der Waals surface area contributed by atoms with Crippen molar-refractivity contribution in [3.63, 3.8) is 0 Å². The van der Waals surface area contributed by atoms with Gasteiger partial charge in [0.1, 0.15) is 6.42 Å². The van der Waals surface area contributed by atoms with Gasteiger partial charge in [0.25, 0.3) is 0 Å². The van der Waals surface area contributed by atoms with Gasteiger partial charge < -0.3 is 4.74 Å². The van der Waals surface area contributed by atoms with Crippen LogP contribution in [0.4, 0.5) is 0 Å². The molecule has 0 saturated heterocycles. The highest BCUT2D eigenvalue weighted by Gasteiger charge is 2.01. The first kappa shape index (κ1) is 11.9. The summed E-state index contributed by atoms with van der Waals surface area (Å²) < 4.78 is 4.44. The molecule has 0 amide bonds. The first-order valence-corrected chi connectivity index (χ1v) is 4.90. The molecule has 1 aromatic carbocycles. The first-order valence-electron chi connectivity index (χ1n) is 4.15. The highest BCUT2D eigenvalue weighted by molar-refractivity contribution is 6.42. The second-order valence-corrected chi connectivity index (χ2v) is 3.44. The topological polar surface area (TPSA) is 26.3 Å². The lowest BCUT2D eigenvalue weighted by molar-refractivity contribution is -0.139. The standard InChI is InChI=1S/C11H8Cl2O2/c1-15-10(14)7-3-5-8-4-2-6-9(12)11(8)13/h2,4,6H,7H2,1H3. The van der Waals surface area contributed by atoms with E-state index in [4.69, 9.17) is 23.2 Å². The van der Waals surface area contributed by atoms with Gasteiger partial charge in [-0.15, -0.1) is 0 Å². The highest BCUT2D eigenvalue weighted by atomic mass is 35.5. The molecule has 0 N–H and O–H groups in total. The Hall–Kier alpha value is -1.17. The van der Waals surface area contributed by atoms with Gasteiger partial charge in [-0.05, 0) is 12.1 Å². The summed E-state index contributed by atoms with van der Waals surface area (Å²) in [5, 5.41) is 0.845. The maximum absolute atomic E-state index is 10.8. The van der Waals surface area contributed by atoms with E-state index in [0.717, 1.165) is 0 Å². The molecule has 78 valence electrons. The van der Waals surface area contributed by atoms with Crippen LogP contribution in [0.3, 0.4) is 0 Å². The summed E-state index contributed by atoms with van der Waals surface area (Å²) in [7, 11) is 1.32. The summed E-state index contributed by atoms with van der Waals surface area (Å²) in [6, 6.07) is 5.16. The predicted octanol–water partition coefficient (Wildman–Crippen LogP) is 2.91. The minimum atomic E-state index is -0.374. The van der Waals surface area contributed by atoms with E-state index in [9.17, 15) is 4.79 Å². The smallest absolute Gasteiger partial charge is 0.317 e. The molecule has 0 saturated carbocycles. The largest absolute Gasteiger partial charge is 0.468 e. The summed E-state index contributed by atoms with van der Waals surface area (Å²) in [4.78, 5) is 10.8. The molecule has 0 aliphatic rings. The van der Waals surface area contributed by atoms with Crippen LogP contribution >= 0.6 is 23.2 Å². The van der Waals surface area contributed by atoms with Gasteiger partial charge in [0, 0.05) is 5.56 Å². The van der Waals surface area contributed by atoms with Gasteiger partial charge in [-0.3, -0.25) is 4.79 Å². The van der Waals surface area contributed by atoms with Crippen molar-refractivity contribution in [2.75, 3.05) is 7.11 Å². The third kappa shape index (κ3) is 3.47. The van der Waals surface area contributed by atoms with Gasteiger partial charge in [0.05, 0.1) is 17.2 Å². The molecule has 1 rings (SSSR count). The van der Waals surface area contributed by atoms with Crippen LogP contribution in [0, 0.1) is 11.8 Å². The fourth-order valence-electron chi connectivity index (χ4n) is 0.884. The third-order valence-corrected chi connectivity index (χ3v) is 2.45. The van der Waals surface area contributed by atoms with Gasteiger partial charge in [-0.1, -0.05) is 41.1 Å². The monoisotopic (exact) mass is 242 g/mol. The van der Waals surface area contributed by atoms with Crippen molar-refractivity contribution in [3.05, 3.63) is 33.8 Å². The van der Waals surface area contributed by atoms with E-state index < -0.39 is 0 Å². The van der Waals surface area contributed by atoms with E-state index >= 15 is 0 Å². The fourth-order valence-corrected chi connectivity index (χ4v) is 1.23. The van der Waals surface area contributed by atoms with E-state index in [1.54, 1.807) is 18.2 Å². The molecular formula is C11H8Cl2O2. The lowest BCUT2D eigenvalue weighted by atomic mass is 10.2. The number of hydrogen-bond acceptors (Lipinski definition) is 2. The molecule has 2 nitrogen and oxygen atoms in total. The maximum atomic E-state index is 10.8. The number of benzene rings is 1. The number of carbonyl (C=O) groups is 1. The summed E-state index contributed by atoms with van der Waals surface area (Å²) in [6.45, 7) is 0. The van der Waals surface area contributed by atoms with Crippen LogP contribution in [0.1, 0.15) is 12.0 Å². The van der Waals surface area contributed by atoms with Crippen molar-refractivity contribution in [2.24, 2.45) is 0 Å². The van der Waals surface area contributed by atoms with Gasteiger partial charge in [-0.2, -0.15) is 0 Å². The number of esters is 1. The number of ether oxygens (including phenoxy) is 1. The molecule has 0 unspecified atom stereocenters. The Labute approximate surface area is 98.1 Å². The summed E-state index contributed by atoms with van der Waals surface area (Å²) in [6.07, 6.45) is 0.0410. The van der Waals surface area contributed by atoms with E-state index in [2.05, 4.69) is 16.6 Å². The van der Waals surface area contributed by atoms with Crippen molar-refractivity contribution >= 4 is 29.2 Å². The van der Waals surface area contributed by atoms with E-state index in [-0.39, 0.29) is 12.4 Å². The van der Waals surface area contributed by atoms with Crippen LogP contribution in [-0.2, 0) is 9.53 Å². The number of hydrogen-bond donors (Lipinski definition) is 0. The minimum absolute atomic E-state index is 0.0410. The normalized spacial score (nSPS) is 9.00. The number of methoxy groups -OCH3 is 1. The van der Waals surface area contributed by atoms with E-state index in [1.807, 2.05) is 0 Å². The number of carbonyl (C=O) groups excluding carboxylic acids is 1. The molecule has 15 heavy (non-hydrogen) atoms. The zero-order valence-corrected chi connectivity index (χ0v) is 9.52. The molecule has 0 bridgehead atoms. The maximum Gasteiger partial charge on any atom is 0.317 e. The molecular weight excluding hydrogens is 235 g/mol. The average Bonchev–Trinajstić information content (AvgIpc) is 2.24.